The number of benzene rings is 2. The number of hydrogen-bond donors (Lipinski definition) is 1. The van der Waals surface area contributed by atoms with Crippen LogP contribution in [0.25, 0.3) is 0 Å². The fourth-order valence-corrected chi connectivity index (χ4v) is 2.21. The first-order chi connectivity index (χ1) is 9.88. The van der Waals surface area contributed by atoms with Gasteiger partial charge in [-0.05, 0) is 36.2 Å². The Balaban J connectivity index is 2.07. The van der Waals surface area contributed by atoms with Crippen LogP contribution in [0, 0.1) is 0 Å². The highest BCUT2D eigenvalue weighted by Gasteiger charge is 2.30. The Bertz CT molecular complexity index is 610. The molecule has 0 saturated heterocycles. The van der Waals surface area contributed by atoms with Gasteiger partial charge in [-0.3, -0.25) is 0 Å². The summed E-state index contributed by atoms with van der Waals surface area (Å²) in [5.74, 6) is 0. The van der Waals surface area contributed by atoms with Crippen molar-refractivity contribution in [2.24, 2.45) is 0 Å². The summed E-state index contributed by atoms with van der Waals surface area (Å²) in [6.45, 7) is 2.32. The lowest BCUT2D eigenvalue weighted by molar-refractivity contribution is -0.137. The van der Waals surface area contributed by atoms with E-state index >= 15 is 0 Å². The molecule has 5 heteroatoms. The predicted molar refractivity (Wildman–Crippen MR) is 78.2 cm³/mol. The lowest BCUT2D eigenvalue weighted by Gasteiger charge is -2.16. The third kappa shape index (κ3) is 4.22. The van der Waals surface area contributed by atoms with Crippen LogP contribution in [0.2, 0.25) is 5.02 Å². The van der Waals surface area contributed by atoms with Gasteiger partial charge in [0.1, 0.15) is 0 Å². The fourth-order valence-electron chi connectivity index (χ4n) is 2.01. The van der Waals surface area contributed by atoms with E-state index in [-0.39, 0.29) is 6.04 Å². The lowest BCUT2D eigenvalue weighted by atomic mass is 10.0. The van der Waals surface area contributed by atoms with Crippen LogP contribution >= 0.6 is 11.6 Å². The molecule has 1 unspecified atom stereocenters. The van der Waals surface area contributed by atoms with E-state index in [0.29, 0.717) is 17.1 Å². The van der Waals surface area contributed by atoms with Crippen LogP contribution in [0.3, 0.4) is 0 Å². The van der Waals surface area contributed by atoms with Crippen LogP contribution in [0.5, 0.6) is 0 Å². The topological polar surface area (TPSA) is 12.0 Å². The molecule has 2 rings (SSSR count). The Morgan fingerprint density at radius 3 is 2.48 bits per heavy atom. The zero-order valence-corrected chi connectivity index (χ0v) is 12.2. The maximum absolute atomic E-state index is 12.7. The molecule has 0 aromatic heterocycles. The van der Waals surface area contributed by atoms with E-state index in [4.69, 9.17) is 11.6 Å². The quantitative estimate of drug-likeness (QED) is 0.817. The highest BCUT2D eigenvalue weighted by Crippen LogP contribution is 2.30. The molecule has 21 heavy (non-hydrogen) atoms. The van der Waals surface area contributed by atoms with Gasteiger partial charge in [0.2, 0.25) is 0 Å². The third-order valence-corrected chi connectivity index (χ3v) is 3.64. The second kappa shape index (κ2) is 6.50. The zero-order chi connectivity index (χ0) is 15.5. The largest absolute Gasteiger partial charge is 0.416 e. The van der Waals surface area contributed by atoms with Gasteiger partial charge in [-0.25, -0.2) is 0 Å². The van der Waals surface area contributed by atoms with Crippen LogP contribution in [-0.4, -0.2) is 0 Å². The van der Waals surface area contributed by atoms with Crippen LogP contribution in [0.1, 0.15) is 29.7 Å². The maximum Gasteiger partial charge on any atom is 0.416 e. The minimum atomic E-state index is -4.32. The molecule has 0 radical (unpaired) electrons. The number of rotatable bonds is 4. The van der Waals surface area contributed by atoms with Crippen molar-refractivity contribution in [3.8, 4) is 0 Å². The summed E-state index contributed by atoms with van der Waals surface area (Å²) in [7, 11) is 0. The van der Waals surface area contributed by atoms with Gasteiger partial charge in [0.05, 0.1) is 5.56 Å². The number of hydrogen-bond acceptors (Lipinski definition) is 1. The van der Waals surface area contributed by atoms with E-state index in [2.05, 4.69) is 5.32 Å². The van der Waals surface area contributed by atoms with E-state index in [0.717, 1.165) is 11.6 Å². The maximum atomic E-state index is 12.7. The molecule has 0 heterocycles. The van der Waals surface area contributed by atoms with Gasteiger partial charge in [0.15, 0.2) is 0 Å². The predicted octanol–water partition coefficient (Wildman–Crippen LogP) is 5.21. The Kier molecular flexibility index (Phi) is 4.91. The summed E-state index contributed by atoms with van der Waals surface area (Å²) >= 11 is 6.05. The first kappa shape index (κ1) is 15.9. The Hall–Kier alpha value is -1.52. The van der Waals surface area contributed by atoms with Crippen molar-refractivity contribution in [1.82, 2.24) is 5.32 Å². The molecule has 2 aromatic carbocycles. The molecule has 0 aliphatic heterocycles. The van der Waals surface area contributed by atoms with Gasteiger partial charge >= 0.3 is 6.18 Å². The van der Waals surface area contributed by atoms with Gasteiger partial charge in [-0.15, -0.1) is 0 Å². The molecule has 0 bridgehead atoms. The average molecular weight is 314 g/mol. The summed E-state index contributed by atoms with van der Waals surface area (Å²) in [5, 5.41) is 3.82. The van der Waals surface area contributed by atoms with E-state index in [9.17, 15) is 13.2 Å². The molecule has 0 fully saturated rings. The summed E-state index contributed by atoms with van der Waals surface area (Å²) in [4.78, 5) is 0. The van der Waals surface area contributed by atoms with Crippen LogP contribution in [-0.2, 0) is 12.7 Å². The van der Waals surface area contributed by atoms with Crippen LogP contribution in [0.15, 0.2) is 48.5 Å². The molecule has 0 aliphatic carbocycles. The smallest absolute Gasteiger partial charge is 0.306 e. The average Bonchev–Trinajstić information content (AvgIpc) is 2.45. The molecule has 1 nitrogen and oxygen atoms in total. The third-order valence-electron chi connectivity index (χ3n) is 3.27. The molecule has 0 spiro atoms. The minimum Gasteiger partial charge on any atom is -0.306 e. The summed E-state index contributed by atoms with van der Waals surface area (Å²) < 4.78 is 38.1. The summed E-state index contributed by atoms with van der Waals surface area (Å²) in [5.41, 5.74) is 0.876. The Morgan fingerprint density at radius 2 is 1.81 bits per heavy atom. The van der Waals surface area contributed by atoms with E-state index in [1.165, 1.54) is 12.1 Å². The second-order valence-corrected chi connectivity index (χ2v) is 5.22. The first-order valence-electron chi connectivity index (χ1n) is 6.52. The van der Waals surface area contributed by atoms with Crippen molar-refractivity contribution in [2.45, 2.75) is 25.7 Å². The Labute approximate surface area is 126 Å². The number of halogens is 4. The number of nitrogens with one attached hydrogen (secondary N) is 1. The first-order valence-corrected chi connectivity index (χ1v) is 6.89. The summed E-state index contributed by atoms with van der Waals surface area (Å²) in [6.07, 6.45) is -4.32. The molecule has 2 aromatic rings. The molecular formula is C16H15ClF3N. The highest BCUT2D eigenvalue weighted by molar-refractivity contribution is 6.31. The minimum absolute atomic E-state index is 0.205. The molecule has 112 valence electrons. The monoisotopic (exact) mass is 313 g/mol. The summed E-state index contributed by atoms with van der Waals surface area (Å²) in [6, 6.07) is 12.5. The SMILES string of the molecule is CC(NCc1ccccc1Cl)c1cccc(C(F)(F)F)c1. The van der Waals surface area contributed by atoms with Gasteiger partial charge < -0.3 is 5.32 Å². The van der Waals surface area contributed by atoms with E-state index in [1.807, 2.05) is 25.1 Å². The van der Waals surface area contributed by atoms with Crippen molar-refractivity contribution in [2.75, 3.05) is 0 Å². The van der Waals surface area contributed by atoms with Crippen molar-refractivity contribution < 1.29 is 13.2 Å². The molecule has 1 atom stereocenters. The molecular weight excluding hydrogens is 299 g/mol. The van der Waals surface area contributed by atoms with Crippen LogP contribution in [0.4, 0.5) is 13.2 Å². The van der Waals surface area contributed by atoms with Gasteiger partial charge in [0.25, 0.3) is 0 Å². The highest BCUT2D eigenvalue weighted by atomic mass is 35.5. The van der Waals surface area contributed by atoms with Crippen molar-refractivity contribution in [3.63, 3.8) is 0 Å². The second-order valence-electron chi connectivity index (χ2n) is 4.82. The lowest BCUT2D eigenvalue weighted by Crippen LogP contribution is -2.19. The standard InChI is InChI=1S/C16H15ClF3N/c1-11(21-10-13-5-2-3-8-15(13)17)12-6-4-7-14(9-12)16(18,19)20/h2-9,11,21H,10H2,1H3. The van der Waals surface area contributed by atoms with Gasteiger partial charge in [-0.1, -0.05) is 41.9 Å². The number of alkyl halides is 3. The zero-order valence-electron chi connectivity index (χ0n) is 11.4. The van der Waals surface area contributed by atoms with E-state index in [1.54, 1.807) is 12.1 Å². The molecule has 0 amide bonds. The van der Waals surface area contributed by atoms with Gasteiger partial charge in [0, 0.05) is 17.6 Å². The van der Waals surface area contributed by atoms with Crippen molar-refractivity contribution in [1.29, 1.82) is 0 Å². The van der Waals surface area contributed by atoms with Crippen molar-refractivity contribution in [3.05, 3.63) is 70.2 Å². The molecule has 0 aliphatic rings. The normalized spacial score (nSPS) is 13.2. The van der Waals surface area contributed by atoms with Crippen molar-refractivity contribution >= 4 is 11.6 Å². The van der Waals surface area contributed by atoms with Crippen LogP contribution < -0.4 is 5.32 Å². The fraction of sp³-hybridized carbons (Fsp3) is 0.250. The molecule has 1 N–H and O–H groups in total. The Morgan fingerprint density at radius 1 is 1.10 bits per heavy atom. The van der Waals surface area contributed by atoms with Gasteiger partial charge in [-0.2, -0.15) is 13.2 Å². The molecule has 0 saturated carbocycles. The van der Waals surface area contributed by atoms with E-state index < -0.39 is 11.7 Å².